The van der Waals surface area contributed by atoms with Crippen LogP contribution in [0.3, 0.4) is 0 Å². The van der Waals surface area contributed by atoms with Crippen LogP contribution in [0.5, 0.6) is 0 Å². The number of fused-ring (bicyclic) bond motifs is 1. The molecule has 2 aromatic rings. The third kappa shape index (κ3) is 1.89. The summed E-state index contributed by atoms with van der Waals surface area (Å²) in [4.78, 5) is 15.5. The SMILES string of the molecule is CNC(=O)c1c[n-]c2ccccc12.[Y]. The van der Waals surface area contributed by atoms with Crippen molar-refractivity contribution in [2.75, 3.05) is 7.05 Å². The average Bonchev–Trinajstić information content (AvgIpc) is 2.60. The number of para-hydroxylation sites is 1. The standard InChI is InChI=1S/C10H10N2O.Y/c1-11-10(13)8-6-12-9-5-3-2-4-7(8)9;/h2-6H,1H3,(H2,11,12,13);/p-1. The number of aromatic nitrogens is 1. The Hall–Kier alpha value is -0.666. The molecule has 14 heavy (non-hydrogen) atoms. The van der Waals surface area contributed by atoms with Gasteiger partial charge in [-0.2, -0.15) is 6.20 Å². The largest absolute Gasteiger partial charge is 0.663 e. The van der Waals surface area contributed by atoms with Gasteiger partial charge in [-0.05, 0) is 5.39 Å². The fourth-order valence-corrected chi connectivity index (χ4v) is 1.33. The van der Waals surface area contributed by atoms with Crippen LogP contribution in [-0.2, 0) is 32.7 Å². The summed E-state index contributed by atoms with van der Waals surface area (Å²) in [5, 5.41) is 3.49. The predicted octanol–water partition coefficient (Wildman–Crippen LogP) is 1.15. The molecular formula is C10H9N2OY-. The van der Waals surface area contributed by atoms with Gasteiger partial charge >= 0.3 is 0 Å². The van der Waals surface area contributed by atoms with Gasteiger partial charge in [-0.3, -0.25) is 4.79 Å². The Labute approximate surface area is 107 Å². The van der Waals surface area contributed by atoms with E-state index in [2.05, 4.69) is 10.3 Å². The predicted molar refractivity (Wildman–Crippen MR) is 50.7 cm³/mol. The minimum atomic E-state index is -0.0892. The summed E-state index contributed by atoms with van der Waals surface area (Å²) in [7, 11) is 1.62. The fourth-order valence-electron chi connectivity index (χ4n) is 1.33. The van der Waals surface area contributed by atoms with E-state index in [1.54, 1.807) is 13.2 Å². The molecule has 0 unspecified atom stereocenters. The van der Waals surface area contributed by atoms with Crippen molar-refractivity contribution in [2.45, 2.75) is 0 Å². The summed E-state index contributed by atoms with van der Waals surface area (Å²) in [6.45, 7) is 0. The normalized spacial score (nSPS) is 9.50. The van der Waals surface area contributed by atoms with E-state index in [0.29, 0.717) is 5.56 Å². The van der Waals surface area contributed by atoms with E-state index in [1.807, 2.05) is 24.3 Å². The molecule has 0 fully saturated rings. The second kappa shape index (κ2) is 4.71. The quantitative estimate of drug-likeness (QED) is 0.837. The van der Waals surface area contributed by atoms with Crippen LogP contribution in [0.1, 0.15) is 10.4 Å². The van der Waals surface area contributed by atoms with Crippen molar-refractivity contribution >= 4 is 16.8 Å². The van der Waals surface area contributed by atoms with Crippen molar-refractivity contribution in [1.82, 2.24) is 10.3 Å². The second-order valence-corrected chi connectivity index (χ2v) is 2.77. The van der Waals surface area contributed by atoms with Crippen molar-refractivity contribution in [2.24, 2.45) is 0 Å². The zero-order chi connectivity index (χ0) is 9.26. The number of nitrogens with one attached hydrogen (secondary N) is 1. The number of carbonyl (C=O) groups is 1. The summed E-state index contributed by atoms with van der Waals surface area (Å²) in [5.41, 5.74) is 1.50. The first-order chi connectivity index (χ1) is 6.33. The number of benzene rings is 1. The molecule has 1 aromatic heterocycles. The number of hydrogen-bond acceptors (Lipinski definition) is 1. The second-order valence-electron chi connectivity index (χ2n) is 2.77. The molecule has 0 saturated carbocycles. The number of nitrogens with zero attached hydrogens (tertiary/aromatic N) is 1. The zero-order valence-electron chi connectivity index (χ0n) is 7.82. The molecule has 0 spiro atoms. The molecule has 1 amide bonds. The summed E-state index contributed by atoms with van der Waals surface area (Å²) in [6.07, 6.45) is 1.60. The van der Waals surface area contributed by atoms with Crippen molar-refractivity contribution in [3.05, 3.63) is 36.0 Å². The molecule has 0 aliphatic rings. The molecule has 1 radical (unpaired) electrons. The Morgan fingerprint density at radius 2 is 2.07 bits per heavy atom. The smallest absolute Gasteiger partial charge is 0.249 e. The summed E-state index contributed by atoms with van der Waals surface area (Å²) < 4.78 is 0. The molecule has 0 saturated heterocycles. The van der Waals surface area contributed by atoms with Gasteiger partial charge in [-0.25, -0.2) is 0 Å². The molecule has 3 nitrogen and oxygen atoms in total. The van der Waals surface area contributed by atoms with E-state index >= 15 is 0 Å². The molecule has 0 atom stereocenters. The van der Waals surface area contributed by atoms with Crippen LogP contribution in [0, 0.1) is 0 Å². The van der Waals surface area contributed by atoms with Crippen LogP contribution < -0.4 is 10.3 Å². The first-order valence-electron chi connectivity index (χ1n) is 4.05. The van der Waals surface area contributed by atoms with Gasteiger partial charge in [0, 0.05) is 45.3 Å². The molecule has 1 N–H and O–H groups in total. The van der Waals surface area contributed by atoms with E-state index in [4.69, 9.17) is 0 Å². The molecule has 1 heterocycles. The Kier molecular flexibility index (Phi) is 3.84. The van der Waals surface area contributed by atoms with Crippen molar-refractivity contribution < 1.29 is 37.5 Å². The van der Waals surface area contributed by atoms with E-state index in [-0.39, 0.29) is 38.6 Å². The van der Waals surface area contributed by atoms with Crippen LogP contribution in [0.25, 0.3) is 10.9 Å². The van der Waals surface area contributed by atoms with Crippen molar-refractivity contribution in [1.29, 1.82) is 0 Å². The molecule has 69 valence electrons. The summed E-state index contributed by atoms with van der Waals surface area (Å²) in [6, 6.07) is 7.59. The van der Waals surface area contributed by atoms with Gasteiger partial charge in [0.05, 0.1) is 0 Å². The third-order valence-electron chi connectivity index (χ3n) is 2.00. The van der Waals surface area contributed by atoms with Crippen LogP contribution in [0.15, 0.2) is 30.5 Å². The number of hydrogen-bond donors (Lipinski definition) is 1. The Balaban J connectivity index is 0.000000980. The maximum absolute atomic E-state index is 11.3. The molecule has 4 heteroatoms. The van der Waals surface area contributed by atoms with E-state index in [1.165, 1.54) is 0 Å². The van der Waals surface area contributed by atoms with E-state index in [9.17, 15) is 4.79 Å². The molecule has 0 bridgehead atoms. The van der Waals surface area contributed by atoms with Crippen LogP contribution in [-0.4, -0.2) is 13.0 Å². The molecular weight excluding hydrogens is 253 g/mol. The van der Waals surface area contributed by atoms with Gasteiger partial charge < -0.3 is 10.3 Å². The topological polar surface area (TPSA) is 43.2 Å². The number of rotatable bonds is 1. The van der Waals surface area contributed by atoms with Crippen LogP contribution >= 0.6 is 0 Å². The van der Waals surface area contributed by atoms with Crippen molar-refractivity contribution in [3.63, 3.8) is 0 Å². The third-order valence-corrected chi connectivity index (χ3v) is 2.00. The van der Waals surface area contributed by atoms with Crippen molar-refractivity contribution in [3.8, 4) is 0 Å². The van der Waals surface area contributed by atoms with Gasteiger partial charge in [0.2, 0.25) is 5.91 Å². The van der Waals surface area contributed by atoms with Crippen LogP contribution in [0.2, 0.25) is 0 Å². The van der Waals surface area contributed by atoms with E-state index < -0.39 is 0 Å². The maximum atomic E-state index is 11.3. The summed E-state index contributed by atoms with van der Waals surface area (Å²) >= 11 is 0. The Morgan fingerprint density at radius 3 is 2.79 bits per heavy atom. The van der Waals surface area contributed by atoms with Gasteiger partial charge in [0.25, 0.3) is 0 Å². The first kappa shape index (κ1) is 11.4. The molecule has 1 aromatic carbocycles. The monoisotopic (exact) mass is 262 g/mol. The fraction of sp³-hybridized carbons (Fsp3) is 0.100. The minimum Gasteiger partial charge on any atom is -0.663 e. The van der Waals surface area contributed by atoms with Gasteiger partial charge in [-0.1, -0.05) is 24.3 Å². The molecule has 0 aliphatic heterocycles. The number of carbonyl (C=O) groups excluding carboxylic acids is 1. The Morgan fingerprint density at radius 1 is 1.36 bits per heavy atom. The van der Waals surface area contributed by atoms with Gasteiger partial charge in [-0.15, -0.1) is 5.52 Å². The van der Waals surface area contributed by atoms with E-state index in [0.717, 1.165) is 10.9 Å². The van der Waals surface area contributed by atoms with Gasteiger partial charge in [0.1, 0.15) is 0 Å². The molecule has 2 rings (SSSR count). The van der Waals surface area contributed by atoms with Gasteiger partial charge in [0.15, 0.2) is 0 Å². The maximum Gasteiger partial charge on any atom is 0.249 e. The first-order valence-corrected chi connectivity index (χ1v) is 4.05. The van der Waals surface area contributed by atoms with Crippen LogP contribution in [0.4, 0.5) is 0 Å². The zero-order valence-corrected chi connectivity index (χ0v) is 10.7. The Bertz CT molecular complexity index is 450. The average molecular weight is 262 g/mol. The minimum absolute atomic E-state index is 0. The summed E-state index contributed by atoms with van der Waals surface area (Å²) in [5.74, 6) is -0.0892. The number of amides is 1. The molecule has 0 aliphatic carbocycles.